The van der Waals surface area contributed by atoms with Crippen LogP contribution in [0.15, 0.2) is 18.2 Å². The number of rotatable bonds is 6. The van der Waals surface area contributed by atoms with Crippen LogP contribution in [0.25, 0.3) is 0 Å². The molecule has 3 heteroatoms. The summed E-state index contributed by atoms with van der Waals surface area (Å²) in [4.78, 5) is 15.7. The first-order chi connectivity index (χ1) is 7.76. The summed E-state index contributed by atoms with van der Waals surface area (Å²) in [7, 11) is 0. The van der Waals surface area contributed by atoms with Crippen molar-refractivity contribution in [1.82, 2.24) is 4.98 Å². The van der Waals surface area contributed by atoms with Crippen molar-refractivity contribution in [2.45, 2.75) is 39.0 Å². The smallest absolute Gasteiger partial charge is 0.189 e. The van der Waals surface area contributed by atoms with Crippen molar-refractivity contribution in [1.29, 1.82) is 0 Å². The minimum atomic E-state index is 0.237. The molecule has 0 bridgehead atoms. The molecule has 16 heavy (non-hydrogen) atoms. The number of unbranched alkanes of at least 4 members (excludes halogenated alkanes) is 1. The van der Waals surface area contributed by atoms with Crippen LogP contribution in [-0.2, 0) is 17.6 Å². The number of nitrogens with zero attached hydrogens (tertiary/aromatic N) is 1. The second-order valence-corrected chi connectivity index (χ2v) is 4.66. The molecule has 1 aromatic rings. The summed E-state index contributed by atoms with van der Waals surface area (Å²) in [5.74, 6) is 0. The van der Waals surface area contributed by atoms with E-state index >= 15 is 0 Å². The molecule has 0 unspecified atom stereocenters. The van der Waals surface area contributed by atoms with Gasteiger partial charge in [0.1, 0.15) is 0 Å². The monoisotopic (exact) mass is 237 g/mol. The van der Waals surface area contributed by atoms with Gasteiger partial charge in [-0.1, -0.05) is 31.2 Å². The first kappa shape index (κ1) is 13.2. The Balaban J connectivity index is 2.50. The van der Waals surface area contributed by atoms with E-state index in [4.69, 9.17) is 0 Å². The molecule has 1 rings (SSSR count). The van der Waals surface area contributed by atoms with Gasteiger partial charge < -0.3 is 0 Å². The van der Waals surface area contributed by atoms with Crippen LogP contribution in [0.1, 0.15) is 37.6 Å². The highest BCUT2D eigenvalue weighted by atomic mass is 32.2. The van der Waals surface area contributed by atoms with E-state index in [9.17, 15) is 4.79 Å². The number of carbonyl (C=O) groups excluding carboxylic acids is 1. The van der Waals surface area contributed by atoms with Crippen LogP contribution >= 0.6 is 11.8 Å². The lowest BCUT2D eigenvalue weighted by atomic mass is 10.1. The Morgan fingerprint density at radius 1 is 1.31 bits per heavy atom. The molecule has 2 nitrogen and oxygen atoms in total. The third-order valence-electron chi connectivity index (χ3n) is 2.46. The first-order valence-corrected chi connectivity index (χ1v) is 7.00. The van der Waals surface area contributed by atoms with E-state index in [1.807, 2.05) is 18.4 Å². The van der Waals surface area contributed by atoms with Crippen molar-refractivity contribution < 1.29 is 4.79 Å². The molecular formula is C13H19NOS. The molecule has 0 amide bonds. The van der Waals surface area contributed by atoms with Gasteiger partial charge in [-0.25, -0.2) is 0 Å². The predicted octanol–water partition coefficient (Wildman–Crippen LogP) is 3.25. The van der Waals surface area contributed by atoms with E-state index in [-0.39, 0.29) is 5.12 Å². The Morgan fingerprint density at radius 3 is 2.62 bits per heavy atom. The Morgan fingerprint density at radius 2 is 2.00 bits per heavy atom. The molecule has 0 spiro atoms. The summed E-state index contributed by atoms with van der Waals surface area (Å²) in [5, 5.41) is 0.237. The molecule has 0 aliphatic heterocycles. The number of carbonyl (C=O) groups is 1. The number of hydrogen-bond donors (Lipinski definition) is 0. The minimum Gasteiger partial charge on any atom is -0.287 e. The average molecular weight is 237 g/mol. The van der Waals surface area contributed by atoms with Gasteiger partial charge in [0.05, 0.1) is 0 Å². The number of thioether (sulfide) groups is 1. The fourth-order valence-corrected chi connectivity index (χ4v) is 1.80. The summed E-state index contributed by atoms with van der Waals surface area (Å²) in [5.41, 5.74) is 2.19. The molecular weight excluding hydrogens is 218 g/mol. The van der Waals surface area contributed by atoms with Gasteiger partial charge in [0, 0.05) is 17.8 Å². The predicted molar refractivity (Wildman–Crippen MR) is 69.7 cm³/mol. The molecule has 0 N–H and O–H groups in total. The molecule has 0 radical (unpaired) electrons. The number of pyridine rings is 1. The number of aromatic nitrogens is 1. The van der Waals surface area contributed by atoms with Gasteiger partial charge in [-0.3, -0.25) is 9.78 Å². The van der Waals surface area contributed by atoms with E-state index in [0.29, 0.717) is 6.42 Å². The van der Waals surface area contributed by atoms with Crippen LogP contribution in [0.2, 0.25) is 0 Å². The van der Waals surface area contributed by atoms with Gasteiger partial charge in [-0.2, -0.15) is 0 Å². The lowest BCUT2D eigenvalue weighted by Crippen LogP contribution is -1.99. The summed E-state index contributed by atoms with van der Waals surface area (Å²) in [6.45, 7) is 2.18. The van der Waals surface area contributed by atoms with Crippen LogP contribution in [0.3, 0.4) is 0 Å². The molecule has 1 heterocycles. The van der Waals surface area contributed by atoms with Gasteiger partial charge in [0.25, 0.3) is 0 Å². The van der Waals surface area contributed by atoms with Crippen LogP contribution in [0.4, 0.5) is 0 Å². The van der Waals surface area contributed by atoms with Gasteiger partial charge in [-0.05, 0) is 37.7 Å². The molecule has 0 fully saturated rings. The molecule has 0 aromatic carbocycles. The Hall–Kier alpha value is -0.830. The fourth-order valence-electron chi connectivity index (χ4n) is 1.50. The maximum Gasteiger partial charge on any atom is 0.189 e. The zero-order chi connectivity index (χ0) is 11.8. The summed E-state index contributed by atoms with van der Waals surface area (Å²) >= 11 is 1.30. The average Bonchev–Trinajstić information content (AvgIpc) is 2.34. The van der Waals surface area contributed by atoms with Gasteiger partial charge in [0.15, 0.2) is 5.12 Å². The van der Waals surface area contributed by atoms with Crippen molar-refractivity contribution in [3.05, 3.63) is 29.6 Å². The van der Waals surface area contributed by atoms with Crippen LogP contribution in [-0.4, -0.2) is 16.4 Å². The van der Waals surface area contributed by atoms with Crippen LogP contribution in [0, 0.1) is 0 Å². The molecule has 1 aromatic heterocycles. The van der Waals surface area contributed by atoms with Gasteiger partial charge in [-0.15, -0.1) is 0 Å². The molecule has 0 aliphatic carbocycles. The van der Waals surface area contributed by atoms with Crippen LogP contribution < -0.4 is 0 Å². The van der Waals surface area contributed by atoms with Crippen molar-refractivity contribution in [2.24, 2.45) is 0 Å². The van der Waals surface area contributed by atoms with E-state index in [2.05, 4.69) is 18.0 Å². The second kappa shape index (κ2) is 7.44. The summed E-state index contributed by atoms with van der Waals surface area (Å²) in [6, 6.07) is 6.11. The molecule has 88 valence electrons. The first-order valence-electron chi connectivity index (χ1n) is 5.78. The zero-order valence-corrected chi connectivity index (χ0v) is 10.8. The summed E-state index contributed by atoms with van der Waals surface area (Å²) in [6.07, 6.45) is 6.59. The molecule has 0 saturated heterocycles. The molecule has 0 saturated carbocycles. The Bertz CT molecular complexity index is 338. The van der Waals surface area contributed by atoms with Crippen molar-refractivity contribution in [2.75, 3.05) is 6.26 Å². The Labute approximate surface area is 102 Å². The van der Waals surface area contributed by atoms with Crippen molar-refractivity contribution >= 4 is 16.9 Å². The maximum atomic E-state index is 11.2. The lowest BCUT2D eigenvalue weighted by molar-refractivity contribution is -0.110. The topological polar surface area (TPSA) is 30.0 Å². The highest BCUT2D eigenvalue weighted by Gasteiger charge is 2.02. The molecule has 0 atom stereocenters. The zero-order valence-electron chi connectivity index (χ0n) is 10.0. The van der Waals surface area contributed by atoms with Crippen LogP contribution in [0.5, 0.6) is 0 Å². The Kier molecular flexibility index (Phi) is 6.16. The van der Waals surface area contributed by atoms with E-state index in [0.717, 1.165) is 24.2 Å². The van der Waals surface area contributed by atoms with Crippen molar-refractivity contribution in [3.63, 3.8) is 0 Å². The lowest BCUT2D eigenvalue weighted by Gasteiger charge is -2.03. The van der Waals surface area contributed by atoms with Gasteiger partial charge in [0.2, 0.25) is 0 Å². The van der Waals surface area contributed by atoms with E-state index < -0.39 is 0 Å². The fraction of sp³-hybridized carbons (Fsp3) is 0.538. The standard InChI is InChI=1S/C13H19NOS/c1-3-4-6-11-7-5-8-12(14-11)9-10-13(15)16-2/h5,7-8H,3-4,6,9-10H2,1-2H3. The maximum absolute atomic E-state index is 11.2. The highest BCUT2D eigenvalue weighted by molar-refractivity contribution is 8.13. The van der Waals surface area contributed by atoms with E-state index in [1.165, 1.54) is 24.6 Å². The van der Waals surface area contributed by atoms with E-state index in [1.54, 1.807) is 0 Å². The minimum absolute atomic E-state index is 0.237. The van der Waals surface area contributed by atoms with Gasteiger partial charge >= 0.3 is 0 Å². The third kappa shape index (κ3) is 4.79. The second-order valence-electron chi connectivity index (χ2n) is 3.80. The SMILES string of the molecule is CCCCc1cccc(CCC(=O)SC)n1. The normalized spacial score (nSPS) is 10.4. The quantitative estimate of drug-likeness (QED) is 0.760. The van der Waals surface area contributed by atoms with Crippen molar-refractivity contribution in [3.8, 4) is 0 Å². The highest BCUT2D eigenvalue weighted by Crippen LogP contribution is 2.08. The summed E-state index contributed by atoms with van der Waals surface area (Å²) < 4.78 is 0. The largest absolute Gasteiger partial charge is 0.287 e. The molecule has 0 aliphatic rings. The number of hydrogen-bond acceptors (Lipinski definition) is 3. The number of aryl methyl sites for hydroxylation is 2. The third-order valence-corrected chi connectivity index (χ3v) is 3.12.